The second-order valence-electron chi connectivity index (χ2n) is 4.84. The Balaban J connectivity index is 1.90. The van der Waals surface area contributed by atoms with Gasteiger partial charge in [0, 0.05) is 15.6 Å². The predicted molar refractivity (Wildman–Crippen MR) is 88.2 cm³/mol. The van der Waals surface area contributed by atoms with Crippen molar-refractivity contribution in [3.63, 3.8) is 0 Å². The van der Waals surface area contributed by atoms with Gasteiger partial charge >= 0.3 is 0 Å². The molecule has 0 amide bonds. The van der Waals surface area contributed by atoms with Crippen LogP contribution >= 0.6 is 39.1 Å². The van der Waals surface area contributed by atoms with Crippen LogP contribution in [0.15, 0.2) is 48.5 Å². The number of benzene rings is 2. The van der Waals surface area contributed by atoms with E-state index in [-0.39, 0.29) is 6.10 Å². The van der Waals surface area contributed by atoms with E-state index in [1.54, 1.807) is 0 Å². The molecule has 0 radical (unpaired) electrons. The monoisotopic (exact) mass is 386 g/mol. The van der Waals surface area contributed by atoms with Crippen LogP contribution in [0.4, 0.5) is 0 Å². The zero-order valence-corrected chi connectivity index (χ0v) is 14.2. The van der Waals surface area contributed by atoms with Crippen LogP contribution in [0.2, 0.25) is 10.0 Å². The lowest BCUT2D eigenvalue weighted by Crippen LogP contribution is -2.29. The molecular weight excluding hydrogens is 375 g/mol. The Labute approximate surface area is 142 Å². The van der Waals surface area contributed by atoms with Gasteiger partial charge in [0.05, 0.1) is 11.9 Å². The van der Waals surface area contributed by atoms with E-state index in [0.29, 0.717) is 22.0 Å². The second kappa shape index (κ2) is 6.27. The summed E-state index contributed by atoms with van der Waals surface area (Å²) < 4.78 is 12.2. The lowest BCUT2D eigenvalue weighted by atomic mass is 10.1. The summed E-state index contributed by atoms with van der Waals surface area (Å²) in [5, 5.41) is 1.85. The van der Waals surface area contributed by atoms with Crippen LogP contribution in [-0.2, 0) is 15.3 Å². The molecule has 2 aromatic rings. The summed E-state index contributed by atoms with van der Waals surface area (Å²) >= 11 is 15.7. The van der Waals surface area contributed by atoms with Crippen molar-refractivity contribution in [3.8, 4) is 0 Å². The highest BCUT2D eigenvalue weighted by Crippen LogP contribution is 2.43. The van der Waals surface area contributed by atoms with E-state index in [0.717, 1.165) is 11.1 Å². The molecular formula is C16H13BrCl2O2. The van der Waals surface area contributed by atoms with Crippen molar-refractivity contribution in [3.05, 3.63) is 69.7 Å². The Morgan fingerprint density at radius 2 is 1.81 bits per heavy atom. The van der Waals surface area contributed by atoms with Gasteiger partial charge in [-0.25, -0.2) is 0 Å². The van der Waals surface area contributed by atoms with Crippen LogP contribution in [0.5, 0.6) is 0 Å². The third-order valence-corrected chi connectivity index (χ3v) is 4.82. The number of alkyl halides is 1. The third kappa shape index (κ3) is 2.99. The van der Waals surface area contributed by atoms with Crippen LogP contribution in [0.3, 0.4) is 0 Å². The van der Waals surface area contributed by atoms with E-state index in [4.69, 9.17) is 32.7 Å². The summed E-state index contributed by atoms with van der Waals surface area (Å²) in [6.07, 6.45) is -0.143. The summed E-state index contributed by atoms with van der Waals surface area (Å²) in [5.74, 6) is -0.858. The van der Waals surface area contributed by atoms with E-state index in [9.17, 15) is 0 Å². The molecule has 0 N–H and O–H groups in total. The highest BCUT2D eigenvalue weighted by atomic mass is 79.9. The quantitative estimate of drug-likeness (QED) is 0.662. The van der Waals surface area contributed by atoms with Gasteiger partial charge in [0.2, 0.25) is 5.79 Å². The molecule has 1 aliphatic heterocycles. The van der Waals surface area contributed by atoms with Crippen molar-refractivity contribution in [2.24, 2.45) is 0 Å². The predicted octanol–water partition coefficient (Wildman–Crippen LogP) is 5.33. The van der Waals surface area contributed by atoms with Crippen molar-refractivity contribution in [1.29, 1.82) is 0 Å². The summed E-state index contributed by atoms with van der Waals surface area (Å²) in [4.78, 5) is 0. The van der Waals surface area contributed by atoms with Crippen molar-refractivity contribution >= 4 is 39.1 Å². The van der Waals surface area contributed by atoms with E-state index >= 15 is 0 Å². The molecule has 2 aromatic carbocycles. The lowest BCUT2D eigenvalue weighted by molar-refractivity contribution is -0.157. The first-order chi connectivity index (χ1) is 10.1. The summed E-state index contributed by atoms with van der Waals surface area (Å²) in [7, 11) is 0. The molecule has 0 spiro atoms. The number of rotatable bonds is 3. The summed E-state index contributed by atoms with van der Waals surface area (Å²) in [5.41, 5.74) is 1.87. The summed E-state index contributed by atoms with van der Waals surface area (Å²) in [6.45, 7) is 0.471. The van der Waals surface area contributed by atoms with E-state index < -0.39 is 5.79 Å². The highest BCUT2D eigenvalue weighted by Gasteiger charge is 2.44. The SMILES string of the molecule is Clc1ccc(C2COC(CBr)(c3ccccc3Cl)O2)cc1. The fourth-order valence-corrected chi connectivity index (χ4v) is 3.41. The molecule has 0 aliphatic carbocycles. The molecule has 0 aromatic heterocycles. The van der Waals surface area contributed by atoms with Crippen LogP contribution in [0.1, 0.15) is 17.2 Å². The van der Waals surface area contributed by atoms with E-state index in [1.165, 1.54) is 0 Å². The average Bonchev–Trinajstić information content (AvgIpc) is 2.94. The van der Waals surface area contributed by atoms with Gasteiger partial charge in [0.25, 0.3) is 0 Å². The van der Waals surface area contributed by atoms with Crippen LogP contribution in [0.25, 0.3) is 0 Å². The minimum atomic E-state index is -0.858. The first-order valence-electron chi connectivity index (χ1n) is 6.53. The molecule has 0 bridgehead atoms. The molecule has 2 atom stereocenters. The lowest BCUT2D eigenvalue weighted by Gasteiger charge is -2.27. The number of hydrogen-bond acceptors (Lipinski definition) is 2. The molecule has 1 fully saturated rings. The zero-order chi connectivity index (χ0) is 14.9. The molecule has 5 heteroatoms. The normalized spacial score (nSPS) is 25.2. The van der Waals surface area contributed by atoms with Crippen LogP contribution < -0.4 is 0 Å². The minimum Gasteiger partial charge on any atom is -0.342 e. The molecule has 1 heterocycles. The molecule has 2 nitrogen and oxygen atoms in total. The molecule has 3 rings (SSSR count). The van der Waals surface area contributed by atoms with Crippen molar-refractivity contribution in [2.45, 2.75) is 11.9 Å². The van der Waals surface area contributed by atoms with Gasteiger partial charge < -0.3 is 9.47 Å². The average molecular weight is 388 g/mol. The highest BCUT2D eigenvalue weighted by molar-refractivity contribution is 9.09. The Morgan fingerprint density at radius 3 is 2.48 bits per heavy atom. The third-order valence-electron chi connectivity index (χ3n) is 3.50. The standard InChI is InChI=1S/C16H13BrCl2O2/c17-10-16(13-3-1-2-4-14(13)19)20-9-15(21-16)11-5-7-12(18)8-6-11/h1-8,15H,9-10H2. The number of hydrogen-bond donors (Lipinski definition) is 0. The Kier molecular flexibility index (Phi) is 4.57. The molecule has 2 unspecified atom stereocenters. The van der Waals surface area contributed by atoms with Crippen molar-refractivity contribution < 1.29 is 9.47 Å². The van der Waals surface area contributed by atoms with E-state index in [1.807, 2.05) is 48.5 Å². The topological polar surface area (TPSA) is 18.5 Å². The van der Waals surface area contributed by atoms with E-state index in [2.05, 4.69) is 15.9 Å². The van der Waals surface area contributed by atoms with Gasteiger partial charge in [-0.05, 0) is 23.8 Å². The Hall–Kier alpha value is -0.580. The number of halogens is 3. The number of ether oxygens (including phenoxy) is 2. The largest absolute Gasteiger partial charge is 0.342 e. The molecule has 21 heavy (non-hydrogen) atoms. The van der Waals surface area contributed by atoms with Gasteiger partial charge in [-0.3, -0.25) is 0 Å². The summed E-state index contributed by atoms with van der Waals surface area (Å²) in [6, 6.07) is 15.2. The maximum Gasteiger partial charge on any atom is 0.207 e. The second-order valence-corrected chi connectivity index (χ2v) is 6.24. The molecule has 110 valence electrons. The van der Waals surface area contributed by atoms with Gasteiger partial charge in [0.15, 0.2) is 0 Å². The molecule has 0 saturated carbocycles. The van der Waals surface area contributed by atoms with Crippen LogP contribution in [0, 0.1) is 0 Å². The first-order valence-corrected chi connectivity index (χ1v) is 8.40. The fraction of sp³-hybridized carbons (Fsp3) is 0.250. The minimum absolute atomic E-state index is 0.143. The zero-order valence-electron chi connectivity index (χ0n) is 11.1. The van der Waals surface area contributed by atoms with Gasteiger partial charge in [0.1, 0.15) is 6.10 Å². The molecule has 1 saturated heterocycles. The maximum atomic E-state index is 6.29. The van der Waals surface area contributed by atoms with Gasteiger partial charge in [-0.15, -0.1) is 0 Å². The first kappa shape index (κ1) is 15.3. The Bertz CT molecular complexity index is 632. The fourth-order valence-electron chi connectivity index (χ4n) is 2.40. The van der Waals surface area contributed by atoms with Crippen molar-refractivity contribution in [2.75, 3.05) is 11.9 Å². The van der Waals surface area contributed by atoms with Gasteiger partial charge in [-0.1, -0.05) is 69.5 Å². The maximum absolute atomic E-state index is 6.29. The van der Waals surface area contributed by atoms with Crippen molar-refractivity contribution in [1.82, 2.24) is 0 Å². The smallest absolute Gasteiger partial charge is 0.207 e. The molecule has 1 aliphatic rings. The van der Waals surface area contributed by atoms with Crippen LogP contribution in [-0.4, -0.2) is 11.9 Å². The Morgan fingerprint density at radius 1 is 1.10 bits per heavy atom. The van der Waals surface area contributed by atoms with Gasteiger partial charge in [-0.2, -0.15) is 0 Å².